The first-order chi connectivity index (χ1) is 31.5. The van der Waals surface area contributed by atoms with Gasteiger partial charge in [0.1, 0.15) is 0 Å². The lowest BCUT2D eigenvalue weighted by atomic mass is 9.33. The summed E-state index contributed by atoms with van der Waals surface area (Å²) in [5.74, 6) is 0. The minimum absolute atomic E-state index is 0.0472. The normalized spacial score (nSPS) is 15.7. The van der Waals surface area contributed by atoms with Crippen molar-refractivity contribution in [3.05, 3.63) is 188 Å². The van der Waals surface area contributed by atoms with Crippen LogP contribution >= 0.6 is 0 Å². The molecular formula is C62H56B2N2. The molecule has 5 aliphatic rings. The van der Waals surface area contributed by atoms with Crippen LogP contribution in [0.1, 0.15) is 94.5 Å². The number of benzene rings is 8. The quantitative estimate of drug-likeness (QED) is 0.160. The molecule has 13 rings (SSSR count). The Morgan fingerprint density at radius 3 is 1.08 bits per heavy atom. The minimum atomic E-state index is -0.150. The van der Waals surface area contributed by atoms with Crippen molar-refractivity contribution in [3.8, 4) is 22.3 Å². The second-order valence-electron chi connectivity index (χ2n) is 21.9. The van der Waals surface area contributed by atoms with E-state index in [4.69, 9.17) is 0 Å². The molecule has 0 saturated carbocycles. The molecule has 0 fully saturated rings. The maximum absolute atomic E-state index is 2.70. The number of rotatable bonds is 2. The Bertz CT molecular complexity index is 3270. The van der Waals surface area contributed by atoms with Crippen LogP contribution in [0.25, 0.3) is 22.3 Å². The first-order valence-corrected chi connectivity index (χ1v) is 24.2. The molecule has 3 heterocycles. The van der Waals surface area contributed by atoms with Crippen LogP contribution in [0.15, 0.2) is 121 Å². The van der Waals surface area contributed by atoms with Crippen molar-refractivity contribution < 1.29 is 0 Å². The molecule has 0 aromatic heterocycles. The minimum Gasteiger partial charge on any atom is -0.307 e. The number of para-hydroxylation sites is 2. The summed E-state index contributed by atoms with van der Waals surface area (Å²) in [5, 5.41) is 0. The standard InChI is InChI=1S/C62H56B2N2/c1-33-19-21-41-43-29-51-55(31-47(43)61(9,10)45(41)27-33)65-53-17-14-16-50-60(53)66(54-18-13-15-49(59(54)65)63(51)57-37(5)23-35(3)24-38(57)6)56-32-48-44(42-22-20-34(2)28-46(42)62(48,11)12)30-52(56)64(50)58-39(7)25-36(4)26-40(58)8/h13-32H,1-12H3. The van der Waals surface area contributed by atoms with E-state index < -0.39 is 0 Å². The molecule has 2 aliphatic carbocycles. The number of hydrogen-bond donors (Lipinski definition) is 0. The van der Waals surface area contributed by atoms with Crippen LogP contribution in [0.4, 0.5) is 34.1 Å². The predicted molar refractivity (Wildman–Crippen MR) is 285 cm³/mol. The summed E-state index contributed by atoms with van der Waals surface area (Å²) in [6.07, 6.45) is 0. The molecule has 0 atom stereocenters. The van der Waals surface area contributed by atoms with Crippen LogP contribution in [0.3, 0.4) is 0 Å². The van der Waals surface area contributed by atoms with Gasteiger partial charge in [0.25, 0.3) is 0 Å². The van der Waals surface area contributed by atoms with Crippen LogP contribution in [0, 0.1) is 55.4 Å². The molecule has 0 bridgehead atoms. The van der Waals surface area contributed by atoms with E-state index in [1.165, 1.54) is 156 Å². The van der Waals surface area contributed by atoms with E-state index in [0.29, 0.717) is 0 Å². The van der Waals surface area contributed by atoms with Gasteiger partial charge in [-0.3, -0.25) is 0 Å². The fourth-order valence-corrected chi connectivity index (χ4v) is 14.1. The summed E-state index contributed by atoms with van der Waals surface area (Å²) < 4.78 is 0. The maximum atomic E-state index is 2.70. The molecule has 320 valence electrons. The van der Waals surface area contributed by atoms with Crippen molar-refractivity contribution in [2.75, 3.05) is 9.80 Å². The Morgan fingerprint density at radius 2 is 0.697 bits per heavy atom. The van der Waals surface area contributed by atoms with E-state index in [1.807, 2.05) is 0 Å². The van der Waals surface area contributed by atoms with Gasteiger partial charge in [-0.25, -0.2) is 0 Å². The zero-order valence-corrected chi connectivity index (χ0v) is 40.6. The first-order valence-electron chi connectivity index (χ1n) is 24.2. The Morgan fingerprint density at radius 1 is 0.333 bits per heavy atom. The highest BCUT2D eigenvalue weighted by atomic mass is 15.3. The van der Waals surface area contributed by atoms with Gasteiger partial charge in [-0.1, -0.05) is 180 Å². The Balaban J connectivity index is 1.15. The van der Waals surface area contributed by atoms with Crippen molar-refractivity contribution in [2.24, 2.45) is 0 Å². The second kappa shape index (κ2) is 13.1. The highest BCUT2D eigenvalue weighted by Gasteiger charge is 2.49. The zero-order valence-electron chi connectivity index (χ0n) is 40.6. The second-order valence-corrected chi connectivity index (χ2v) is 21.9. The van der Waals surface area contributed by atoms with Gasteiger partial charge in [-0.15, -0.1) is 0 Å². The molecule has 0 saturated heterocycles. The van der Waals surface area contributed by atoms with Gasteiger partial charge in [0, 0.05) is 22.2 Å². The van der Waals surface area contributed by atoms with E-state index in [0.717, 1.165) is 0 Å². The Hall–Kier alpha value is -6.51. The van der Waals surface area contributed by atoms with E-state index in [2.05, 4.69) is 214 Å². The fourth-order valence-electron chi connectivity index (χ4n) is 14.1. The first kappa shape index (κ1) is 39.8. The summed E-state index contributed by atoms with van der Waals surface area (Å²) in [4.78, 5) is 5.39. The van der Waals surface area contributed by atoms with Gasteiger partial charge in [-0.2, -0.15) is 0 Å². The van der Waals surface area contributed by atoms with Gasteiger partial charge >= 0.3 is 0 Å². The average molecular weight is 851 g/mol. The Kier molecular flexibility index (Phi) is 7.90. The topological polar surface area (TPSA) is 6.48 Å². The summed E-state index contributed by atoms with van der Waals surface area (Å²) in [6, 6.07) is 48.7. The smallest absolute Gasteiger partial charge is 0.247 e. The van der Waals surface area contributed by atoms with Crippen molar-refractivity contribution in [1.82, 2.24) is 0 Å². The molecule has 2 nitrogen and oxygen atoms in total. The number of nitrogens with zero attached hydrogens (tertiary/aromatic N) is 2. The molecule has 0 N–H and O–H groups in total. The van der Waals surface area contributed by atoms with Crippen LogP contribution < -0.4 is 42.6 Å². The third-order valence-corrected chi connectivity index (χ3v) is 16.8. The molecule has 0 amide bonds. The largest absolute Gasteiger partial charge is 0.307 e. The number of fused-ring (bicyclic) bond motifs is 12. The summed E-state index contributed by atoms with van der Waals surface area (Å²) in [6.45, 7) is 28.2. The van der Waals surface area contributed by atoms with Crippen molar-refractivity contribution in [2.45, 2.75) is 93.9 Å². The third kappa shape index (κ3) is 5.00. The van der Waals surface area contributed by atoms with Gasteiger partial charge < -0.3 is 9.80 Å². The predicted octanol–water partition coefficient (Wildman–Crippen LogP) is 11.7. The molecule has 66 heavy (non-hydrogen) atoms. The van der Waals surface area contributed by atoms with Gasteiger partial charge in [0.15, 0.2) is 0 Å². The van der Waals surface area contributed by atoms with Crippen LogP contribution in [0.2, 0.25) is 0 Å². The third-order valence-electron chi connectivity index (χ3n) is 16.8. The van der Waals surface area contributed by atoms with E-state index in [9.17, 15) is 0 Å². The summed E-state index contributed by atoms with van der Waals surface area (Å²) in [5.41, 5.74) is 37.6. The Labute approximate surface area is 392 Å². The van der Waals surface area contributed by atoms with Crippen LogP contribution in [-0.2, 0) is 10.8 Å². The van der Waals surface area contributed by atoms with Gasteiger partial charge in [-0.05, 0) is 146 Å². The molecule has 0 radical (unpaired) electrons. The average Bonchev–Trinajstić information content (AvgIpc) is 3.61. The lowest BCUT2D eigenvalue weighted by molar-refractivity contribution is 0.659. The van der Waals surface area contributed by atoms with Gasteiger partial charge in [0.05, 0.1) is 22.7 Å². The SMILES string of the molecule is Cc1cc(C)c(B2c3cc4c(cc3N3c5cccc6c5N(c5cc7c(cc5B6c5c(C)cc(C)cc5C)-c5ccc(C)cc5C7(C)C)c5cccc2c53)C(C)(C)c2cc(C)ccc2-4)c(C)c1. The molecular weight excluding hydrogens is 794 g/mol. The van der Waals surface area contributed by atoms with E-state index in [1.54, 1.807) is 0 Å². The number of aryl methyl sites for hydroxylation is 8. The number of hydrogen-bond acceptors (Lipinski definition) is 2. The molecule has 8 aromatic carbocycles. The van der Waals surface area contributed by atoms with Crippen molar-refractivity contribution >= 4 is 80.3 Å². The van der Waals surface area contributed by atoms with Crippen LogP contribution in [0.5, 0.6) is 0 Å². The summed E-state index contributed by atoms with van der Waals surface area (Å²) in [7, 11) is 0. The molecule has 0 unspecified atom stereocenters. The highest BCUT2D eigenvalue weighted by molar-refractivity contribution is 7.00. The fraction of sp³-hybridized carbons (Fsp3) is 0.226. The van der Waals surface area contributed by atoms with Crippen molar-refractivity contribution in [1.29, 1.82) is 0 Å². The monoisotopic (exact) mass is 850 g/mol. The van der Waals surface area contributed by atoms with Crippen LogP contribution in [-0.4, -0.2) is 13.4 Å². The zero-order chi connectivity index (χ0) is 45.6. The molecule has 0 spiro atoms. The number of anilines is 6. The molecule has 8 aromatic rings. The van der Waals surface area contributed by atoms with Gasteiger partial charge in [0.2, 0.25) is 13.4 Å². The lowest BCUT2D eigenvalue weighted by Crippen LogP contribution is -2.62. The summed E-state index contributed by atoms with van der Waals surface area (Å²) >= 11 is 0. The molecule has 4 heteroatoms. The van der Waals surface area contributed by atoms with E-state index >= 15 is 0 Å². The highest BCUT2D eigenvalue weighted by Crippen LogP contribution is 2.58. The lowest BCUT2D eigenvalue weighted by Gasteiger charge is -2.49. The van der Waals surface area contributed by atoms with Crippen molar-refractivity contribution in [3.63, 3.8) is 0 Å². The maximum Gasteiger partial charge on any atom is 0.247 e. The van der Waals surface area contributed by atoms with E-state index in [-0.39, 0.29) is 24.3 Å². The molecule has 3 aliphatic heterocycles.